The summed E-state index contributed by atoms with van der Waals surface area (Å²) in [6.07, 6.45) is 0. The molecular weight excluding hydrogens is 258 g/mol. The summed E-state index contributed by atoms with van der Waals surface area (Å²) in [6.45, 7) is 0.0900. The highest BCUT2D eigenvalue weighted by Gasteiger charge is 2.12. The van der Waals surface area contributed by atoms with Crippen molar-refractivity contribution >= 4 is 27.4 Å². The van der Waals surface area contributed by atoms with E-state index in [2.05, 4.69) is 10.1 Å². The molecule has 0 aromatic heterocycles. The minimum absolute atomic E-state index is 0.0900. The average molecular weight is 273 g/mol. The Hall–Kier alpha value is -1.80. The van der Waals surface area contributed by atoms with Crippen molar-refractivity contribution in [1.82, 2.24) is 0 Å². The summed E-state index contributed by atoms with van der Waals surface area (Å²) in [7, 11) is -2.29. The van der Waals surface area contributed by atoms with Crippen molar-refractivity contribution in [3.8, 4) is 0 Å². The van der Waals surface area contributed by atoms with Crippen LogP contribution in [0.3, 0.4) is 0 Å². The summed E-state index contributed by atoms with van der Waals surface area (Å²) in [6, 6.07) is 4.61. The number of anilines is 2. The van der Waals surface area contributed by atoms with Gasteiger partial charge in [0.1, 0.15) is 0 Å². The van der Waals surface area contributed by atoms with Gasteiger partial charge in [-0.2, -0.15) is 0 Å². The van der Waals surface area contributed by atoms with Gasteiger partial charge in [0.25, 0.3) is 0 Å². The molecule has 1 rings (SSSR count). The van der Waals surface area contributed by atoms with E-state index >= 15 is 0 Å². The van der Waals surface area contributed by atoms with Crippen LogP contribution >= 0.6 is 0 Å². The Balaban J connectivity index is 2.85. The van der Waals surface area contributed by atoms with Crippen LogP contribution in [0, 0.1) is 0 Å². The Morgan fingerprint density at radius 1 is 1.44 bits per heavy atom. The summed E-state index contributed by atoms with van der Waals surface area (Å²) < 4.78 is 26.2. The standard InChI is InChI=1S/C10H15N3O4S/c1-17-10(14)8-6-7(11)2-3-9(8)13-4-5-18(12,15)16/h2-3,6,13H,4-5,11H2,1H3,(H2,12,15,16). The van der Waals surface area contributed by atoms with Gasteiger partial charge in [0, 0.05) is 17.9 Å². The second-order valence-corrected chi connectivity index (χ2v) is 5.32. The number of nitrogen functional groups attached to an aromatic ring is 1. The lowest BCUT2D eigenvalue weighted by molar-refractivity contribution is 0.0602. The van der Waals surface area contributed by atoms with Crippen LogP contribution in [0.4, 0.5) is 11.4 Å². The Labute approximate surface area is 105 Å². The van der Waals surface area contributed by atoms with Crippen molar-refractivity contribution < 1.29 is 17.9 Å². The minimum atomic E-state index is -3.54. The first-order valence-corrected chi connectivity index (χ1v) is 6.77. The lowest BCUT2D eigenvalue weighted by Crippen LogP contribution is -2.23. The molecule has 0 amide bonds. The van der Waals surface area contributed by atoms with Gasteiger partial charge in [-0.15, -0.1) is 0 Å². The molecule has 7 nitrogen and oxygen atoms in total. The molecule has 0 aliphatic carbocycles. The Kier molecular flexibility index (Phi) is 4.51. The fourth-order valence-corrected chi connectivity index (χ4v) is 1.71. The number of nitrogens with one attached hydrogen (secondary N) is 1. The third kappa shape index (κ3) is 4.22. The number of rotatable bonds is 5. The van der Waals surface area contributed by atoms with Gasteiger partial charge < -0.3 is 15.8 Å². The van der Waals surface area contributed by atoms with Crippen LogP contribution in [0.25, 0.3) is 0 Å². The molecule has 0 saturated heterocycles. The number of primary sulfonamides is 1. The van der Waals surface area contributed by atoms with Gasteiger partial charge in [0.15, 0.2) is 0 Å². The zero-order chi connectivity index (χ0) is 13.8. The van der Waals surface area contributed by atoms with E-state index in [9.17, 15) is 13.2 Å². The quantitative estimate of drug-likeness (QED) is 0.502. The fourth-order valence-electron chi connectivity index (χ4n) is 1.32. The monoisotopic (exact) mass is 273 g/mol. The number of nitrogens with two attached hydrogens (primary N) is 2. The van der Waals surface area contributed by atoms with E-state index in [-0.39, 0.29) is 17.9 Å². The molecule has 18 heavy (non-hydrogen) atoms. The Morgan fingerprint density at radius 3 is 2.67 bits per heavy atom. The lowest BCUT2D eigenvalue weighted by Gasteiger charge is -2.10. The molecule has 0 atom stereocenters. The largest absolute Gasteiger partial charge is 0.465 e. The van der Waals surface area contributed by atoms with E-state index in [4.69, 9.17) is 10.9 Å². The molecule has 0 aliphatic heterocycles. The lowest BCUT2D eigenvalue weighted by atomic mass is 10.1. The molecule has 0 radical (unpaired) electrons. The van der Waals surface area contributed by atoms with Crippen molar-refractivity contribution in [3.05, 3.63) is 23.8 Å². The molecule has 100 valence electrons. The summed E-state index contributed by atoms with van der Waals surface area (Å²) in [5, 5.41) is 7.67. The van der Waals surface area contributed by atoms with Crippen molar-refractivity contribution in [1.29, 1.82) is 0 Å². The van der Waals surface area contributed by atoms with E-state index in [1.165, 1.54) is 13.2 Å². The molecule has 8 heteroatoms. The van der Waals surface area contributed by atoms with Crippen LogP contribution in [0.15, 0.2) is 18.2 Å². The summed E-state index contributed by atoms with van der Waals surface area (Å²) in [5.74, 6) is -0.793. The molecule has 0 fully saturated rings. The predicted octanol–water partition coefficient (Wildman–Crippen LogP) is -0.244. The van der Waals surface area contributed by atoms with Crippen LogP contribution in [0.1, 0.15) is 10.4 Å². The maximum absolute atomic E-state index is 11.5. The van der Waals surface area contributed by atoms with E-state index in [1.807, 2.05) is 0 Å². The zero-order valence-corrected chi connectivity index (χ0v) is 10.7. The first-order valence-electron chi connectivity index (χ1n) is 5.05. The third-order valence-corrected chi connectivity index (χ3v) is 2.92. The summed E-state index contributed by atoms with van der Waals surface area (Å²) in [5.41, 5.74) is 6.66. The van der Waals surface area contributed by atoms with Crippen LogP contribution in [0.2, 0.25) is 0 Å². The second-order valence-electron chi connectivity index (χ2n) is 3.59. The van der Waals surface area contributed by atoms with Crippen molar-refractivity contribution in [2.75, 3.05) is 30.5 Å². The van der Waals surface area contributed by atoms with Gasteiger partial charge in [-0.25, -0.2) is 18.4 Å². The molecule has 0 saturated carbocycles. The number of sulfonamides is 1. The molecule has 0 aliphatic rings. The van der Waals surface area contributed by atoms with E-state index in [0.717, 1.165) is 0 Å². The maximum atomic E-state index is 11.5. The molecular formula is C10H15N3O4S. The number of hydrogen-bond donors (Lipinski definition) is 3. The second kappa shape index (κ2) is 5.69. The van der Waals surface area contributed by atoms with Crippen LogP contribution < -0.4 is 16.2 Å². The number of ether oxygens (including phenoxy) is 1. The van der Waals surface area contributed by atoms with Crippen molar-refractivity contribution in [2.24, 2.45) is 5.14 Å². The first-order chi connectivity index (χ1) is 8.33. The van der Waals surface area contributed by atoms with Gasteiger partial charge in [0.2, 0.25) is 10.0 Å². The highest BCUT2D eigenvalue weighted by molar-refractivity contribution is 7.89. The summed E-state index contributed by atoms with van der Waals surface area (Å²) >= 11 is 0. The molecule has 0 unspecified atom stereocenters. The van der Waals surface area contributed by atoms with Crippen LogP contribution in [0.5, 0.6) is 0 Å². The Bertz CT molecular complexity index is 542. The zero-order valence-electron chi connectivity index (χ0n) is 9.84. The van der Waals surface area contributed by atoms with Gasteiger partial charge in [0.05, 0.1) is 18.4 Å². The highest BCUT2D eigenvalue weighted by atomic mass is 32.2. The third-order valence-electron chi connectivity index (χ3n) is 2.15. The first kappa shape index (κ1) is 14.3. The van der Waals surface area contributed by atoms with Crippen LogP contribution in [-0.4, -0.2) is 33.8 Å². The minimum Gasteiger partial charge on any atom is -0.465 e. The number of hydrogen-bond acceptors (Lipinski definition) is 6. The molecule has 0 heterocycles. The molecule has 1 aromatic carbocycles. The summed E-state index contributed by atoms with van der Waals surface area (Å²) in [4.78, 5) is 11.5. The number of carbonyl (C=O) groups excluding carboxylic acids is 1. The predicted molar refractivity (Wildman–Crippen MR) is 68.7 cm³/mol. The van der Waals surface area contributed by atoms with Gasteiger partial charge >= 0.3 is 5.97 Å². The number of methoxy groups -OCH3 is 1. The normalized spacial score (nSPS) is 11.0. The molecule has 0 spiro atoms. The fraction of sp³-hybridized carbons (Fsp3) is 0.300. The van der Waals surface area contributed by atoms with Gasteiger partial charge in [-0.1, -0.05) is 0 Å². The SMILES string of the molecule is COC(=O)c1cc(N)ccc1NCCS(N)(=O)=O. The number of carbonyl (C=O) groups is 1. The van der Waals surface area contributed by atoms with E-state index < -0.39 is 16.0 Å². The topological polar surface area (TPSA) is 125 Å². The number of benzene rings is 1. The highest BCUT2D eigenvalue weighted by Crippen LogP contribution is 2.19. The average Bonchev–Trinajstić information content (AvgIpc) is 2.28. The van der Waals surface area contributed by atoms with Gasteiger partial charge in [-0.3, -0.25) is 0 Å². The molecule has 5 N–H and O–H groups in total. The smallest absolute Gasteiger partial charge is 0.340 e. The van der Waals surface area contributed by atoms with E-state index in [0.29, 0.717) is 11.4 Å². The van der Waals surface area contributed by atoms with Crippen LogP contribution in [-0.2, 0) is 14.8 Å². The number of esters is 1. The van der Waals surface area contributed by atoms with E-state index in [1.54, 1.807) is 12.1 Å². The van der Waals surface area contributed by atoms with Gasteiger partial charge in [-0.05, 0) is 18.2 Å². The van der Waals surface area contributed by atoms with Crippen molar-refractivity contribution in [2.45, 2.75) is 0 Å². The molecule has 0 bridgehead atoms. The Morgan fingerprint density at radius 2 is 2.11 bits per heavy atom. The maximum Gasteiger partial charge on any atom is 0.340 e. The van der Waals surface area contributed by atoms with Crippen molar-refractivity contribution in [3.63, 3.8) is 0 Å². The molecule has 1 aromatic rings.